The summed E-state index contributed by atoms with van der Waals surface area (Å²) in [6.45, 7) is 8.92. The van der Waals surface area contributed by atoms with Crippen molar-refractivity contribution in [1.29, 1.82) is 0 Å². The Morgan fingerprint density at radius 3 is 1.83 bits per heavy atom. The zero-order valence-electron chi connectivity index (χ0n) is 8.39. The van der Waals surface area contributed by atoms with Crippen LogP contribution in [0.2, 0.25) is 0 Å². The molecular weight excluding hydrogens is 154 g/mol. The molecule has 70 valence electrons. The Kier molecular flexibility index (Phi) is 3.02. The van der Waals surface area contributed by atoms with E-state index < -0.39 is 11.0 Å². The number of Topliss-reactive ketones (excluding diaryl/α,β-unsaturated/α-hetero) is 1. The van der Waals surface area contributed by atoms with Gasteiger partial charge in [-0.25, -0.2) is 0 Å². The van der Waals surface area contributed by atoms with Gasteiger partial charge < -0.3 is 5.32 Å². The van der Waals surface area contributed by atoms with E-state index in [0.29, 0.717) is 6.41 Å². The molecule has 0 radical (unpaired) electrons. The molecule has 1 amide bonds. The molecule has 0 saturated heterocycles. The normalized spacial score (nSPS) is 12.4. The van der Waals surface area contributed by atoms with Crippen LogP contribution in [-0.2, 0) is 9.59 Å². The van der Waals surface area contributed by atoms with E-state index in [-0.39, 0.29) is 5.78 Å². The first-order chi connectivity index (χ1) is 5.22. The van der Waals surface area contributed by atoms with Crippen LogP contribution in [0.1, 0.15) is 34.6 Å². The second kappa shape index (κ2) is 3.25. The lowest BCUT2D eigenvalue weighted by molar-refractivity contribution is -0.133. The number of carbonyl (C=O) groups is 2. The lowest BCUT2D eigenvalue weighted by atomic mass is 9.80. The third-order valence-electron chi connectivity index (χ3n) is 1.67. The fraction of sp³-hybridized carbons (Fsp3) is 0.778. The molecule has 0 unspecified atom stereocenters. The average molecular weight is 171 g/mol. The van der Waals surface area contributed by atoms with Crippen molar-refractivity contribution < 1.29 is 9.59 Å². The molecule has 0 aromatic heterocycles. The SMILES string of the molecule is CC(C)(C)C(=O)C(C)(C)NC=O. The molecular formula is C9H17NO2. The summed E-state index contributed by atoms with van der Waals surface area (Å²) in [5.41, 5.74) is -1.18. The Hall–Kier alpha value is -0.860. The van der Waals surface area contributed by atoms with E-state index in [9.17, 15) is 9.59 Å². The van der Waals surface area contributed by atoms with Crippen molar-refractivity contribution in [3.05, 3.63) is 0 Å². The predicted octanol–water partition coefficient (Wildman–Crippen LogP) is 1.13. The highest BCUT2D eigenvalue weighted by Gasteiger charge is 2.35. The van der Waals surface area contributed by atoms with Crippen LogP contribution < -0.4 is 5.32 Å². The fourth-order valence-corrected chi connectivity index (χ4v) is 1.15. The van der Waals surface area contributed by atoms with E-state index in [0.717, 1.165) is 0 Å². The molecule has 0 aliphatic rings. The predicted molar refractivity (Wildman–Crippen MR) is 47.7 cm³/mol. The van der Waals surface area contributed by atoms with E-state index in [4.69, 9.17) is 0 Å². The molecule has 3 heteroatoms. The summed E-state index contributed by atoms with van der Waals surface area (Å²) in [6.07, 6.45) is 0.559. The van der Waals surface area contributed by atoms with Crippen LogP contribution in [0.15, 0.2) is 0 Å². The number of carbonyl (C=O) groups excluding carboxylic acids is 2. The smallest absolute Gasteiger partial charge is 0.207 e. The molecule has 3 nitrogen and oxygen atoms in total. The van der Waals surface area contributed by atoms with Crippen molar-refractivity contribution >= 4 is 12.2 Å². The summed E-state index contributed by atoms with van der Waals surface area (Å²) in [6, 6.07) is 0. The van der Waals surface area contributed by atoms with Gasteiger partial charge in [-0.15, -0.1) is 0 Å². The molecule has 0 aromatic rings. The summed E-state index contributed by atoms with van der Waals surface area (Å²) < 4.78 is 0. The van der Waals surface area contributed by atoms with Crippen molar-refractivity contribution in [2.24, 2.45) is 5.41 Å². The minimum atomic E-state index is -0.764. The van der Waals surface area contributed by atoms with Crippen LogP contribution >= 0.6 is 0 Å². The number of amides is 1. The van der Waals surface area contributed by atoms with Crippen LogP contribution in [0.4, 0.5) is 0 Å². The molecule has 0 aliphatic carbocycles. The third-order valence-corrected chi connectivity index (χ3v) is 1.67. The van der Waals surface area contributed by atoms with Crippen LogP contribution in [0.3, 0.4) is 0 Å². The summed E-state index contributed by atoms with van der Waals surface area (Å²) in [4.78, 5) is 21.8. The van der Waals surface area contributed by atoms with E-state index in [1.165, 1.54) is 0 Å². The zero-order chi connectivity index (χ0) is 9.99. The summed E-state index contributed by atoms with van der Waals surface area (Å²) in [7, 11) is 0. The molecule has 0 bridgehead atoms. The Labute approximate surface area is 73.5 Å². The van der Waals surface area contributed by atoms with E-state index in [1.807, 2.05) is 20.8 Å². The van der Waals surface area contributed by atoms with Crippen molar-refractivity contribution in [3.8, 4) is 0 Å². The summed E-state index contributed by atoms with van der Waals surface area (Å²) in [5.74, 6) is 0.0297. The van der Waals surface area contributed by atoms with E-state index >= 15 is 0 Å². The van der Waals surface area contributed by atoms with Gasteiger partial charge in [0.1, 0.15) is 0 Å². The van der Waals surface area contributed by atoms with Gasteiger partial charge in [0.25, 0.3) is 0 Å². The molecule has 1 N–H and O–H groups in total. The molecule has 0 aromatic carbocycles. The van der Waals surface area contributed by atoms with Crippen LogP contribution in [0.5, 0.6) is 0 Å². The summed E-state index contributed by atoms with van der Waals surface area (Å²) >= 11 is 0. The average Bonchev–Trinajstić information content (AvgIpc) is 1.84. The van der Waals surface area contributed by atoms with Gasteiger partial charge in [0.15, 0.2) is 5.78 Å². The molecule has 0 saturated carbocycles. The minimum absolute atomic E-state index is 0.0297. The van der Waals surface area contributed by atoms with Gasteiger partial charge in [0.05, 0.1) is 5.54 Å². The lowest BCUT2D eigenvalue weighted by Gasteiger charge is -2.29. The standard InChI is InChI=1S/C9H17NO2/c1-8(2,3)7(12)9(4,5)10-6-11/h6H,1-5H3,(H,10,11). The minimum Gasteiger partial charge on any atom is -0.347 e. The summed E-state index contributed by atoms with van der Waals surface area (Å²) in [5, 5.41) is 2.50. The highest BCUT2D eigenvalue weighted by atomic mass is 16.1. The molecule has 0 rings (SSSR count). The van der Waals surface area contributed by atoms with Gasteiger partial charge in [-0.3, -0.25) is 9.59 Å². The number of nitrogens with one attached hydrogen (secondary N) is 1. The molecule has 12 heavy (non-hydrogen) atoms. The van der Waals surface area contributed by atoms with Gasteiger partial charge in [-0.1, -0.05) is 20.8 Å². The van der Waals surface area contributed by atoms with Gasteiger partial charge in [0.2, 0.25) is 6.41 Å². The largest absolute Gasteiger partial charge is 0.347 e. The van der Waals surface area contributed by atoms with Gasteiger partial charge in [0, 0.05) is 5.41 Å². The maximum Gasteiger partial charge on any atom is 0.207 e. The Morgan fingerprint density at radius 2 is 1.58 bits per heavy atom. The highest BCUT2D eigenvalue weighted by molar-refractivity contribution is 5.93. The number of hydrogen-bond donors (Lipinski definition) is 1. The second-order valence-corrected chi connectivity index (χ2v) is 4.47. The first kappa shape index (κ1) is 11.1. The quantitative estimate of drug-likeness (QED) is 0.647. The molecule has 0 heterocycles. The third kappa shape index (κ3) is 2.64. The maximum atomic E-state index is 11.7. The van der Waals surface area contributed by atoms with Gasteiger partial charge in [-0.05, 0) is 13.8 Å². The first-order valence-corrected chi connectivity index (χ1v) is 3.98. The fourth-order valence-electron chi connectivity index (χ4n) is 1.15. The van der Waals surface area contributed by atoms with Crippen LogP contribution in [0, 0.1) is 5.41 Å². The van der Waals surface area contributed by atoms with Crippen LogP contribution in [0.25, 0.3) is 0 Å². The lowest BCUT2D eigenvalue weighted by Crippen LogP contribution is -2.50. The van der Waals surface area contributed by atoms with Gasteiger partial charge in [-0.2, -0.15) is 0 Å². The van der Waals surface area contributed by atoms with Crippen molar-refractivity contribution in [1.82, 2.24) is 5.32 Å². The Balaban J connectivity index is 4.57. The monoisotopic (exact) mass is 171 g/mol. The molecule has 0 aliphatic heterocycles. The number of ketones is 1. The Morgan fingerprint density at radius 1 is 1.17 bits per heavy atom. The highest BCUT2D eigenvalue weighted by Crippen LogP contribution is 2.22. The first-order valence-electron chi connectivity index (χ1n) is 3.98. The topological polar surface area (TPSA) is 46.2 Å². The van der Waals surface area contributed by atoms with Crippen molar-refractivity contribution in [2.45, 2.75) is 40.2 Å². The van der Waals surface area contributed by atoms with E-state index in [2.05, 4.69) is 5.32 Å². The van der Waals surface area contributed by atoms with Gasteiger partial charge >= 0.3 is 0 Å². The van der Waals surface area contributed by atoms with E-state index in [1.54, 1.807) is 13.8 Å². The number of rotatable bonds is 3. The van der Waals surface area contributed by atoms with Crippen molar-refractivity contribution in [3.63, 3.8) is 0 Å². The molecule has 0 atom stereocenters. The zero-order valence-corrected chi connectivity index (χ0v) is 8.39. The van der Waals surface area contributed by atoms with Crippen molar-refractivity contribution in [2.75, 3.05) is 0 Å². The second-order valence-electron chi connectivity index (χ2n) is 4.47. The molecule has 0 spiro atoms. The van der Waals surface area contributed by atoms with Crippen LogP contribution in [-0.4, -0.2) is 17.7 Å². The Bertz CT molecular complexity index is 189. The maximum absolute atomic E-state index is 11.7. The molecule has 0 fully saturated rings. The number of hydrogen-bond acceptors (Lipinski definition) is 2.